The molecule has 0 aromatic heterocycles. The molecule has 0 aliphatic carbocycles. The smallest absolute Gasteiger partial charge is 0.337 e. The summed E-state index contributed by atoms with van der Waals surface area (Å²) in [4.78, 5) is 112. The van der Waals surface area contributed by atoms with Crippen molar-refractivity contribution in [3.8, 4) is 95.5 Å². The van der Waals surface area contributed by atoms with Crippen LogP contribution in [0.4, 0.5) is 17.1 Å². The van der Waals surface area contributed by atoms with Crippen molar-refractivity contribution < 1.29 is 101 Å². The summed E-state index contributed by atoms with van der Waals surface area (Å²) >= 11 is 2.18. The van der Waals surface area contributed by atoms with E-state index in [0.29, 0.717) is 59.7 Å². The highest BCUT2D eigenvalue weighted by atomic mass is 127. The normalized spacial score (nSPS) is 11.7. The molecule has 0 amide bonds. The molecule has 2 fully saturated rings. The van der Waals surface area contributed by atoms with Crippen LogP contribution in [0.15, 0.2) is 285 Å². The molecular weight excluding hydrogens is 1970 g/mol. The topological polar surface area (TPSA) is 398 Å². The number of hydrogen-bond donors (Lipinski definition) is 6. The molecule has 3 unspecified atom stereocenters. The third kappa shape index (κ3) is 52.2. The Morgan fingerprint density at radius 1 is 0.403 bits per heavy atom. The minimum Gasteiger partial charge on any atom is -0.478 e. The molecule has 2 aliphatic heterocycles. The number of carbonyl (C=O) groups excluding carboxylic acids is 9. The van der Waals surface area contributed by atoms with Gasteiger partial charge in [-0.25, -0.2) is 24.0 Å². The van der Waals surface area contributed by atoms with Crippen molar-refractivity contribution in [2.75, 3.05) is 65.5 Å². The number of nitrogen functional groups attached to an aromatic ring is 3. The quantitative estimate of drug-likeness (QED) is 0.0116. The largest absolute Gasteiger partial charge is 0.478 e. The fourth-order valence-corrected chi connectivity index (χ4v) is 11.6. The number of esters is 9. The molecule has 144 heavy (non-hydrogen) atoms. The molecule has 0 spiro atoms. The number of aliphatic hydroxyl groups excluding tert-OH is 1. The number of carboxylic acids is 1. The third-order valence-corrected chi connectivity index (χ3v) is 21.2. The number of carbonyl (C=O) groups is 10. The van der Waals surface area contributed by atoms with Crippen LogP contribution in [0.2, 0.25) is 39.3 Å². The first kappa shape index (κ1) is 119. The molecule has 2 heterocycles. The minimum atomic E-state index is -1.34. The number of nitrogens with two attached hydrogens (primary N) is 4. The fraction of sp³-hybridized carbons (Fsp3) is 0.207. The van der Waals surface area contributed by atoms with Crippen molar-refractivity contribution in [2.24, 2.45) is 17.6 Å². The number of aromatic carboxylic acids is 1. The van der Waals surface area contributed by atoms with Crippen molar-refractivity contribution in [3.05, 3.63) is 372 Å². The number of methoxy groups -OCH3 is 4. The van der Waals surface area contributed by atoms with Crippen molar-refractivity contribution in [3.63, 3.8) is 0 Å². The Balaban J connectivity index is 0.000000341. The average molecular weight is 2080 g/mol. The van der Waals surface area contributed by atoms with Crippen molar-refractivity contribution in [1.82, 2.24) is 0 Å². The summed E-state index contributed by atoms with van der Waals surface area (Å²) in [6, 6.07) is 83.6. The molecular formula is C116H115IN4O21Si2. The summed E-state index contributed by atoms with van der Waals surface area (Å²) in [5.74, 6) is 25.5. The van der Waals surface area contributed by atoms with Crippen LogP contribution in [0, 0.1) is 111 Å². The van der Waals surface area contributed by atoms with Gasteiger partial charge in [-0.3, -0.25) is 24.0 Å². The molecule has 2 aliphatic rings. The Morgan fingerprint density at radius 3 is 0.986 bits per heavy atom. The molecule has 2 saturated heterocycles. The van der Waals surface area contributed by atoms with Crippen LogP contribution in [0.3, 0.4) is 0 Å². The summed E-state index contributed by atoms with van der Waals surface area (Å²) in [7, 11) is 3.01. The monoisotopic (exact) mass is 2080 g/mol. The predicted octanol–water partition coefficient (Wildman–Crippen LogP) is 17.6. The average Bonchev–Trinajstić information content (AvgIpc) is 1.29. The number of anilines is 3. The molecule has 13 rings (SSSR count). The van der Waals surface area contributed by atoms with E-state index in [1.165, 1.54) is 40.6 Å². The van der Waals surface area contributed by atoms with Gasteiger partial charge in [0.1, 0.15) is 42.0 Å². The molecule has 28 heteroatoms. The van der Waals surface area contributed by atoms with Crippen LogP contribution in [-0.4, -0.2) is 140 Å². The lowest BCUT2D eigenvalue weighted by Crippen LogP contribution is -2.24. The zero-order valence-electron chi connectivity index (χ0n) is 81.7. The molecule has 0 bridgehead atoms. The number of cyclic esters (lactones) is 2. The summed E-state index contributed by atoms with van der Waals surface area (Å²) in [6.45, 7) is 14.3. The van der Waals surface area contributed by atoms with E-state index in [1.54, 1.807) is 121 Å². The Bertz CT molecular complexity index is 6420. The van der Waals surface area contributed by atoms with Crippen LogP contribution in [-0.2, 0) is 86.4 Å². The minimum absolute atomic E-state index is 0.110. The number of aliphatic hydroxyl groups is 1. The molecule has 11 aromatic carbocycles. The molecule has 3 atom stereocenters. The van der Waals surface area contributed by atoms with Crippen molar-refractivity contribution >= 4 is 115 Å². The van der Waals surface area contributed by atoms with Crippen molar-refractivity contribution in [2.45, 2.75) is 97.2 Å². The number of halogens is 1. The van der Waals surface area contributed by atoms with E-state index in [2.05, 4.69) is 162 Å². The molecule has 0 radical (unpaired) electrons. The van der Waals surface area contributed by atoms with Gasteiger partial charge in [-0.1, -0.05) is 172 Å². The number of rotatable bonds is 18. The maximum Gasteiger partial charge on any atom is 0.337 e. The molecule has 11 aromatic rings. The Hall–Kier alpha value is -16.9. The summed E-state index contributed by atoms with van der Waals surface area (Å²) < 4.78 is 44.2. The van der Waals surface area contributed by atoms with E-state index in [9.17, 15) is 47.9 Å². The van der Waals surface area contributed by atoms with Gasteiger partial charge in [-0.2, -0.15) is 0 Å². The highest BCUT2D eigenvalue weighted by Crippen LogP contribution is 2.21. The number of benzene rings is 11. The van der Waals surface area contributed by atoms with Gasteiger partial charge in [0.25, 0.3) is 0 Å². The molecule has 10 N–H and O–H groups in total. The van der Waals surface area contributed by atoms with Gasteiger partial charge in [0, 0.05) is 72.6 Å². The second-order valence-electron chi connectivity index (χ2n) is 32.4. The molecule has 0 saturated carbocycles. The van der Waals surface area contributed by atoms with E-state index < -0.39 is 40.0 Å². The highest BCUT2D eigenvalue weighted by Gasteiger charge is 2.30. The second kappa shape index (κ2) is 67.4. The molecule has 740 valence electrons. The highest BCUT2D eigenvalue weighted by molar-refractivity contribution is 14.1. The lowest BCUT2D eigenvalue weighted by molar-refractivity contribution is -0.157. The van der Waals surface area contributed by atoms with E-state index in [-0.39, 0.29) is 105 Å². The predicted molar refractivity (Wildman–Crippen MR) is 571 cm³/mol. The third-order valence-electron chi connectivity index (χ3n) is 18.7. The van der Waals surface area contributed by atoms with E-state index in [1.807, 2.05) is 152 Å². The Morgan fingerprint density at radius 2 is 0.701 bits per heavy atom. The van der Waals surface area contributed by atoms with Gasteiger partial charge in [0.05, 0.1) is 94.1 Å². The maximum atomic E-state index is 12.2. The lowest BCUT2D eigenvalue weighted by Gasteiger charge is -2.14. The van der Waals surface area contributed by atoms with Gasteiger partial charge in [0.2, 0.25) is 0 Å². The van der Waals surface area contributed by atoms with E-state index >= 15 is 0 Å². The Kier molecular flexibility index (Phi) is 55.9. The summed E-state index contributed by atoms with van der Waals surface area (Å²) in [5, 5.41) is 17.9. The first-order valence-corrected chi connectivity index (χ1v) is 52.6. The fourth-order valence-electron chi connectivity index (χ4n) is 10.8. The number of carboxylic acid groups (broad SMARTS) is 1. The van der Waals surface area contributed by atoms with E-state index in [0.717, 1.165) is 64.9 Å². The van der Waals surface area contributed by atoms with Gasteiger partial charge >= 0.3 is 59.7 Å². The lowest BCUT2D eigenvalue weighted by atomic mass is 10.0. The van der Waals surface area contributed by atoms with Gasteiger partial charge in [0.15, 0.2) is 0 Å². The van der Waals surface area contributed by atoms with Crippen LogP contribution in [0.25, 0.3) is 0 Å². The van der Waals surface area contributed by atoms with Crippen LogP contribution < -0.4 is 22.9 Å². The van der Waals surface area contributed by atoms with Gasteiger partial charge in [-0.05, 0) is 270 Å². The summed E-state index contributed by atoms with van der Waals surface area (Å²) in [6.07, 6.45) is 16.8. The second-order valence-corrected chi connectivity index (χ2v) is 43.1. The van der Waals surface area contributed by atoms with Gasteiger partial charge < -0.3 is 75.8 Å². The van der Waals surface area contributed by atoms with E-state index in [4.69, 9.17) is 71.4 Å². The first-order valence-electron chi connectivity index (χ1n) is 44.5. The maximum absolute atomic E-state index is 12.2. The van der Waals surface area contributed by atoms with Crippen molar-refractivity contribution in [1.29, 1.82) is 0 Å². The Labute approximate surface area is 858 Å². The SMILES string of the molecule is C#C[Si](C)(C)C.C#Cc1ccc(C(=O)OC)cc1.C#Cc1ccc(N)cc1.COC(=O)c1ccc(C#CC#Cc2ccc(N)cc2)cc1.COC(=O)c1ccc(C#C[Si](C)(C)C)cc1.COC(=O)c1ccc(I)cc1.NC1CCOC1=O.Nc1ccc(C#CC#Cc2ccc(C(=O)O)cc2)cc1.O=C(CC(CCO)C(=O)OCc1ccccc1)OCc1ccccc1.O=C(CC1CCOC1=O)OCc1ccccc1. The number of terminal acetylenes is 3. The zero-order chi connectivity index (χ0) is 106. The summed E-state index contributed by atoms with van der Waals surface area (Å²) in [5.41, 5.74) is 40.8. The van der Waals surface area contributed by atoms with Crippen LogP contribution in [0.5, 0.6) is 0 Å². The zero-order valence-corrected chi connectivity index (χ0v) is 85.9. The molecule has 25 nitrogen and oxygen atoms in total. The number of hydrogen-bond acceptors (Lipinski definition) is 24. The standard InChI is InChI=1S/C20H22O5.C18H13NO2.C17H11NO2.C13H14O4.C13H16O2Si.C10H8O2.C8H7IO2.C8H7N.C5H10Si.C4H7NO2/c21-12-11-18(20(23)25-15-17-9-5-2-6-10-17)13-19(22)24-14-16-7-3-1-4-8-16;1-21-18(20)16-10-6-14(7-11-16)4-2-3-5-15-8-12-17(19)13-9-15;18-16-11-7-14(8-12-16)4-2-1-3-13-5-9-15(10-6-13)17(19)20;14-12(8-11-6-7-16-13(11)15)17-9-10-4-2-1-3-5-10;1-15-13(14)12-7-5-11(6-8-12)9-10-16(2,3)4;1-3-8-4-6-9(7-5-8)10(11)12-2;1-11-8(10)6-2-4-7(9)5-3-6;1-2-7-3-5-8(9)6-4-7;1-5-6(2,3)4;5-3-1-2-7-4(3)6/h1-10,18,21H,11-15H2;6-13H,19H2,1H3;5-12H,18H2,(H,19,20);1-5,11H,6-9H2;5-8H,1-4H3;1,4-7H,2H3;2-5H,1H3;1,3-6H,9H2;1H,2-4H3;3H,1-2,5H2. The van der Waals surface area contributed by atoms with Gasteiger partial charge in [-0.15, -0.1) is 30.4 Å². The first-order chi connectivity index (χ1) is 68.9. The van der Waals surface area contributed by atoms with Crippen LogP contribution in [0.1, 0.15) is 140 Å². The number of ether oxygens (including phenoxy) is 9. The van der Waals surface area contributed by atoms with Crippen LogP contribution >= 0.6 is 22.6 Å².